The van der Waals surface area contributed by atoms with Crippen LogP contribution in [0.3, 0.4) is 0 Å². The second-order valence-electron chi connectivity index (χ2n) is 6.03. The molecule has 1 aromatic carbocycles. The summed E-state index contributed by atoms with van der Waals surface area (Å²) in [5, 5.41) is 0.700. The Morgan fingerprint density at radius 3 is 2.52 bits per heavy atom. The normalized spacial score (nSPS) is 25.2. The lowest BCUT2D eigenvalue weighted by Crippen LogP contribution is -2.43. The highest BCUT2D eigenvalue weighted by atomic mass is 35.5. The third-order valence-electron chi connectivity index (χ3n) is 4.58. The lowest BCUT2D eigenvalue weighted by atomic mass is 9.80. The van der Waals surface area contributed by atoms with Gasteiger partial charge in [-0.2, -0.15) is 0 Å². The van der Waals surface area contributed by atoms with Gasteiger partial charge in [-0.3, -0.25) is 0 Å². The van der Waals surface area contributed by atoms with Gasteiger partial charge in [-0.15, -0.1) is 0 Å². The maximum Gasteiger partial charge on any atom is 0.339 e. The fourth-order valence-electron chi connectivity index (χ4n) is 3.36. The zero-order valence-corrected chi connectivity index (χ0v) is 12.9. The molecule has 0 unspecified atom stereocenters. The van der Waals surface area contributed by atoms with Crippen LogP contribution in [0.5, 0.6) is 0 Å². The first-order valence-corrected chi connectivity index (χ1v) is 8.27. The number of benzene rings is 1. The van der Waals surface area contributed by atoms with Crippen LogP contribution in [-0.4, -0.2) is 12.1 Å². The van der Waals surface area contributed by atoms with Crippen molar-refractivity contribution in [2.45, 2.75) is 51.0 Å². The van der Waals surface area contributed by atoms with Crippen LogP contribution in [0.25, 0.3) is 0 Å². The molecule has 0 bridgehead atoms. The highest BCUT2D eigenvalue weighted by Crippen LogP contribution is 2.39. The molecule has 3 heteroatoms. The van der Waals surface area contributed by atoms with Crippen molar-refractivity contribution < 1.29 is 9.53 Å². The lowest BCUT2D eigenvalue weighted by molar-refractivity contribution is -0.161. The third-order valence-corrected chi connectivity index (χ3v) is 4.98. The molecule has 0 aromatic heterocycles. The van der Waals surface area contributed by atoms with Crippen LogP contribution in [0, 0.1) is 5.92 Å². The van der Waals surface area contributed by atoms with E-state index in [9.17, 15) is 4.79 Å². The minimum Gasteiger partial charge on any atom is -0.453 e. The lowest BCUT2D eigenvalue weighted by Gasteiger charge is -2.38. The van der Waals surface area contributed by atoms with E-state index in [4.69, 9.17) is 16.3 Å². The van der Waals surface area contributed by atoms with Gasteiger partial charge in [-0.05, 0) is 31.2 Å². The molecule has 1 aliphatic carbocycles. The van der Waals surface area contributed by atoms with E-state index in [0.29, 0.717) is 11.0 Å². The van der Waals surface area contributed by atoms with E-state index in [-0.39, 0.29) is 12.1 Å². The highest BCUT2D eigenvalue weighted by Gasteiger charge is 2.43. The fraction of sp³-hybridized carbons (Fsp3) is 0.500. The summed E-state index contributed by atoms with van der Waals surface area (Å²) >= 11 is 6.42. The van der Waals surface area contributed by atoms with Gasteiger partial charge in [0.15, 0.2) is 0 Å². The molecular formula is C18H21ClO2. The zero-order chi connectivity index (χ0) is 14.7. The molecule has 0 amide bonds. The van der Waals surface area contributed by atoms with Crippen molar-refractivity contribution in [3.05, 3.63) is 46.5 Å². The molecule has 1 aliphatic heterocycles. The molecule has 1 heterocycles. The Morgan fingerprint density at radius 1 is 1.14 bits per heavy atom. The minimum atomic E-state index is -0.205. The Kier molecular flexibility index (Phi) is 4.64. The highest BCUT2D eigenvalue weighted by molar-refractivity contribution is 6.32. The Balaban J connectivity index is 1.65. The number of ether oxygens (including phenoxy) is 1. The third kappa shape index (κ3) is 3.32. The average molecular weight is 305 g/mol. The SMILES string of the molecule is O=C1O[C@@H](C2CCCCC2)/C1=C(/Cl)CCc1ccccc1. The van der Waals surface area contributed by atoms with Crippen molar-refractivity contribution in [2.24, 2.45) is 5.92 Å². The average Bonchev–Trinajstić information content (AvgIpc) is 2.52. The fourth-order valence-corrected chi connectivity index (χ4v) is 3.64. The summed E-state index contributed by atoms with van der Waals surface area (Å²) in [7, 11) is 0. The molecule has 3 rings (SSSR count). The van der Waals surface area contributed by atoms with Crippen LogP contribution in [-0.2, 0) is 16.0 Å². The van der Waals surface area contributed by atoms with Crippen LogP contribution in [0.1, 0.15) is 44.1 Å². The van der Waals surface area contributed by atoms with Gasteiger partial charge in [0.1, 0.15) is 6.10 Å². The van der Waals surface area contributed by atoms with Crippen LogP contribution >= 0.6 is 11.6 Å². The first-order chi connectivity index (χ1) is 10.3. The van der Waals surface area contributed by atoms with Crippen molar-refractivity contribution in [3.63, 3.8) is 0 Å². The summed E-state index contributed by atoms with van der Waals surface area (Å²) in [4.78, 5) is 11.8. The second-order valence-corrected chi connectivity index (χ2v) is 6.48. The first kappa shape index (κ1) is 14.6. The van der Waals surface area contributed by atoms with E-state index >= 15 is 0 Å². The zero-order valence-electron chi connectivity index (χ0n) is 12.2. The number of carbonyl (C=O) groups excluding carboxylic acids is 1. The molecule has 1 aromatic rings. The van der Waals surface area contributed by atoms with Crippen LogP contribution in [0.4, 0.5) is 0 Å². The Hall–Kier alpha value is -1.28. The monoisotopic (exact) mass is 304 g/mol. The summed E-state index contributed by atoms with van der Waals surface area (Å²) in [6.45, 7) is 0. The Labute approximate surface area is 131 Å². The van der Waals surface area contributed by atoms with E-state index in [1.165, 1.54) is 24.8 Å². The molecule has 0 spiro atoms. The second kappa shape index (κ2) is 6.65. The summed E-state index contributed by atoms with van der Waals surface area (Å²) in [6.07, 6.45) is 7.65. The van der Waals surface area contributed by atoms with Crippen molar-refractivity contribution in [1.82, 2.24) is 0 Å². The van der Waals surface area contributed by atoms with Gasteiger partial charge < -0.3 is 4.74 Å². The Morgan fingerprint density at radius 2 is 1.86 bits per heavy atom. The molecule has 0 radical (unpaired) electrons. The summed E-state index contributed by atoms with van der Waals surface area (Å²) < 4.78 is 5.38. The standard InChI is InChI=1S/C18H21ClO2/c19-15(12-11-13-7-3-1-4-8-13)16-17(21-18(16)20)14-9-5-2-6-10-14/h1,3-4,7-8,14,17H,2,5-6,9-12H2/b16-15-/t17-/m0/s1. The molecular weight excluding hydrogens is 284 g/mol. The molecule has 21 heavy (non-hydrogen) atoms. The molecule has 2 aliphatic rings. The number of aryl methyl sites for hydroxylation is 1. The van der Waals surface area contributed by atoms with E-state index in [2.05, 4.69) is 12.1 Å². The van der Waals surface area contributed by atoms with Gasteiger partial charge in [-0.25, -0.2) is 4.79 Å². The van der Waals surface area contributed by atoms with Crippen molar-refractivity contribution >= 4 is 17.6 Å². The molecule has 0 N–H and O–H groups in total. The smallest absolute Gasteiger partial charge is 0.339 e. The maximum atomic E-state index is 11.8. The summed E-state index contributed by atoms with van der Waals surface area (Å²) in [5.74, 6) is 0.278. The number of allylic oxidation sites excluding steroid dienone is 1. The van der Waals surface area contributed by atoms with E-state index < -0.39 is 0 Å². The Bertz CT molecular complexity index is 529. The van der Waals surface area contributed by atoms with Gasteiger partial charge in [0.25, 0.3) is 0 Å². The van der Waals surface area contributed by atoms with Crippen molar-refractivity contribution in [3.8, 4) is 0 Å². The number of halogens is 1. The van der Waals surface area contributed by atoms with E-state index in [1.807, 2.05) is 18.2 Å². The van der Waals surface area contributed by atoms with Gasteiger partial charge >= 0.3 is 5.97 Å². The van der Waals surface area contributed by atoms with Crippen LogP contribution < -0.4 is 0 Å². The van der Waals surface area contributed by atoms with Crippen molar-refractivity contribution in [1.29, 1.82) is 0 Å². The van der Waals surface area contributed by atoms with Gasteiger partial charge in [0, 0.05) is 11.0 Å². The van der Waals surface area contributed by atoms with Crippen LogP contribution in [0.2, 0.25) is 0 Å². The first-order valence-electron chi connectivity index (χ1n) is 7.89. The molecule has 1 saturated carbocycles. The quantitative estimate of drug-likeness (QED) is 0.599. The molecule has 1 atom stereocenters. The topological polar surface area (TPSA) is 26.3 Å². The number of hydrogen-bond acceptors (Lipinski definition) is 2. The van der Waals surface area contributed by atoms with Crippen molar-refractivity contribution in [2.75, 3.05) is 0 Å². The van der Waals surface area contributed by atoms with Gasteiger partial charge in [0.05, 0.1) is 5.57 Å². The number of carbonyl (C=O) groups is 1. The number of rotatable bonds is 4. The number of hydrogen-bond donors (Lipinski definition) is 0. The predicted octanol–water partition coefficient (Wildman–Crippen LogP) is 4.62. The molecule has 1 saturated heterocycles. The van der Waals surface area contributed by atoms with Gasteiger partial charge in [-0.1, -0.05) is 61.2 Å². The maximum absolute atomic E-state index is 11.8. The number of esters is 1. The van der Waals surface area contributed by atoms with E-state index in [0.717, 1.165) is 31.3 Å². The largest absolute Gasteiger partial charge is 0.453 e. The van der Waals surface area contributed by atoms with E-state index in [1.54, 1.807) is 0 Å². The molecule has 2 fully saturated rings. The molecule has 112 valence electrons. The minimum absolute atomic E-state index is 0.0407. The number of cyclic esters (lactones) is 1. The van der Waals surface area contributed by atoms with Crippen LogP contribution in [0.15, 0.2) is 40.9 Å². The van der Waals surface area contributed by atoms with Gasteiger partial charge in [0.2, 0.25) is 0 Å². The predicted molar refractivity (Wildman–Crippen MR) is 84.1 cm³/mol. The summed E-state index contributed by atoms with van der Waals surface area (Å²) in [6, 6.07) is 10.2. The summed E-state index contributed by atoms with van der Waals surface area (Å²) in [5.41, 5.74) is 2.00. The molecule has 2 nitrogen and oxygen atoms in total.